The second-order valence-electron chi connectivity index (χ2n) is 8.44. The number of likely N-dealkylation sites (tertiary alicyclic amines) is 3. The first-order valence-electron chi connectivity index (χ1n) is 10.4. The fraction of sp³-hybridized carbons (Fsp3) is 0.950. The molecule has 0 unspecified atom stereocenters. The highest BCUT2D eigenvalue weighted by atomic mass is 16.5. The van der Waals surface area contributed by atoms with E-state index < -0.39 is 0 Å². The Morgan fingerprint density at radius 3 is 2.56 bits per heavy atom. The van der Waals surface area contributed by atoms with Crippen molar-refractivity contribution in [2.75, 3.05) is 46.4 Å². The first-order chi connectivity index (χ1) is 12.1. The standard InChI is InChI=1S/C20H37N3O2/c1-16(2)21-10-7-18(8-11-21)22-12-9-19-17(15-22)5-4-6-20(24)23(19)13-14-25-3/h16-19H,4-15H2,1-3H3/t17-,19+/m0/s1. The maximum absolute atomic E-state index is 12.5. The molecule has 0 aromatic rings. The molecule has 0 radical (unpaired) electrons. The molecule has 3 fully saturated rings. The fourth-order valence-corrected chi connectivity index (χ4v) is 5.17. The molecule has 25 heavy (non-hydrogen) atoms. The third-order valence-corrected chi connectivity index (χ3v) is 6.69. The highest BCUT2D eigenvalue weighted by Crippen LogP contribution is 2.32. The summed E-state index contributed by atoms with van der Waals surface area (Å²) in [4.78, 5) is 20.0. The number of nitrogens with zero attached hydrogens (tertiary/aromatic N) is 3. The van der Waals surface area contributed by atoms with Crippen LogP contribution in [0.15, 0.2) is 0 Å². The van der Waals surface area contributed by atoms with Gasteiger partial charge in [-0.3, -0.25) is 9.69 Å². The second kappa shape index (κ2) is 8.83. The van der Waals surface area contributed by atoms with E-state index >= 15 is 0 Å². The third-order valence-electron chi connectivity index (χ3n) is 6.69. The van der Waals surface area contributed by atoms with Crippen LogP contribution in [0.25, 0.3) is 0 Å². The minimum atomic E-state index is 0.350. The van der Waals surface area contributed by atoms with Gasteiger partial charge in [0.05, 0.1) is 6.61 Å². The van der Waals surface area contributed by atoms with Crippen LogP contribution in [0.5, 0.6) is 0 Å². The average molecular weight is 352 g/mol. The number of rotatable bonds is 5. The highest BCUT2D eigenvalue weighted by Gasteiger charge is 2.39. The minimum Gasteiger partial charge on any atom is -0.383 e. The highest BCUT2D eigenvalue weighted by molar-refractivity contribution is 5.76. The second-order valence-corrected chi connectivity index (χ2v) is 8.44. The summed E-state index contributed by atoms with van der Waals surface area (Å²) in [5, 5.41) is 0. The van der Waals surface area contributed by atoms with Crippen molar-refractivity contribution in [3.8, 4) is 0 Å². The van der Waals surface area contributed by atoms with Crippen LogP contribution in [0.1, 0.15) is 52.4 Å². The first kappa shape index (κ1) is 19.1. The number of piperidine rings is 2. The van der Waals surface area contributed by atoms with Gasteiger partial charge in [-0.2, -0.15) is 0 Å². The van der Waals surface area contributed by atoms with Gasteiger partial charge < -0.3 is 14.5 Å². The van der Waals surface area contributed by atoms with Crippen LogP contribution in [0.2, 0.25) is 0 Å². The van der Waals surface area contributed by atoms with Crippen molar-refractivity contribution in [2.45, 2.75) is 70.5 Å². The molecule has 3 aliphatic heterocycles. The number of carbonyl (C=O) groups is 1. The third kappa shape index (κ3) is 4.55. The van der Waals surface area contributed by atoms with Crippen molar-refractivity contribution >= 4 is 5.91 Å². The molecular weight excluding hydrogens is 314 g/mol. The van der Waals surface area contributed by atoms with E-state index in [1.165, 1.54) is 38.9 Å². The van der Waals surface area contributed by atoms with Crippen LogP contribution in [0, 0.1) is 5.92 Å². The largest absolute Gasteiger partial charge is 0.383 e. The van der Waals surface area contributed by atoms with Gasteiger partial charge >= 0.3 is 0 Å². The molecule has 5 nitrogen and oxygen atoms in total. The molecule has 2 atom stereocenters. The van der Waals surface area contributed by atoms with Crippen molar-refractivity contribution in [3.63, 3.8) is 0 Å². The summed E-state index contributed by atoms with van der Waals surface area (Å²) >= 11 is 0. The van der Waals surface area contributed by atoms with E-state index in [0.29, 0.717) is 30.5 Å². The van der Waals surface area contributed by atoms with Gasteiger partial charge in [-0.25, -0.2) is 0 Å². The molecule has 1 amide bonds. The van der Waals surface area contributed by atoms with Crippen molar-refractivity contribution in [2.24, 2.45) is 5.92 Å². The Morgan fingerprint density at radius 1 is 1.12 bits per heavy atom. The van der Waals surface area contributed by atoms with E-state index in [1.807, 2.05) is 0 Å². The van der Waals surface area contributed by atoms with E-state index in [1.54, 1.807) is 7.11 Å². The van der Waals surface area contributed by atoms with Gasteiger partial charge in [-0.1, -0.05) is 0 Å². The number of fused-ring (bicyclic) bond motifs is 1. The SMILES string of the molecule is COCCN1C(=O)CCC[C@H]2CN(C3CCN(C(C)C)CC3)CC[C@H]21. The smallest absolute Gasteiger partial charge is 0.222 e. The van der Waals surface area contributed by atoms with Crippen molar-refractivity contribution in [3.05, 3.63) is 0 Å². The molecule has 5 heteroatoms. The Balaban J connectivity index is 1.58. The van der Waals surface area contributed by atoms with E-state index in [2.05, 4.69) is 28.5 Å². The molecule has 0 N–H and O–H groups in total. The van der Waals surface area contributed by atoms with Crippen LogP contribution >= 0.6 is 0 Å². The van der Waals surface area contributed by atoms with Crippen LogP contribution in [-0.4, -0.2) is 85.2 Å². The quantitative estimate of drug-likeness (QED) is 0.761. The van der Waals surface area contributed by atoms with Crippen LogP contribution < -0.4 is 0 Å². The van der Waals surface area contributed by atoms with Crippen LogP contribution in [-0.2, 0) is 9.53 Å². The lowest BCUT2D eigenvalue weighted by Crippen LogP contribution is -2.56. The van der Waals surface area contributed by atoms with E-state index in [-0.39, 0.29) is 0 Å². The van der Waals surface area contributed by atoms with Crippen LogP contribution in [0.3, 0.4) is 0 Å². The number of ether oxygens (including phenoxy) is 1. The number of methoxy groups -OCH3 is 1. The van der Waals surface area contributed by atoms with E-state index in [9.17, 15) is 4.79 Å². The Hall–Kier alpha value is -0.650. The average Bonchev–Trinajstić information content (AvgIpc) is 2.77. The molecule has 0 aromatic heterocycles. The van der Waals surface area contributed by atoms with Crippen molar-refractivity contribution in [1.29, 1.82) is 0 Å². The normalized spacial score (nSPS) is 30.6. The van der Waals surface area contributed by atoms with Crippen molar-refractivity contribution < 1.29 is 9.53 Å². The molecule has 0 spiro atoms. The summed E-state index contributed by atoms with van der Waals surface area (Å²) in [5.41, 5.74) is 0. The lowest BCUT2D eigenvalue weighted by Gasteiger charge is -2.47. The summed E-state index contributed by atoms with van der Waals surface area (Å²) in [6.07, 6.45) is 6.75. The zero-order chi connectivity index (χ0) is 17.8. The van der Waals surface area contributed by atoms with E-state index in [0.717, 1.165) is 38.4 Å². The Labute approximate surface area is 153 Å². The maximum atomic E-state index is 12.5. The number of carbonyl (C=O) groups excluding carboxylic acids is 1. The summed E-state index contributed by atoms with van der Waals surface area (Å²) in [5.74, 6) is 1.00. The van der Waals surface area contributed by atoms with Gasteiger partial charge in [0.15, 0.2) is 0 Å². The Kier molecular flexibility index (Phi) is 6.75. The van der Waals surface area contributed by atoms with E-state index in [4.69, 9.17) is 4.74 Å². The molecule has 0 aliphatic carbocycles. The zero-order valence-corrected chi connectivity index (χ0v) is 16.5. The molecule has 0 aromatic carbocycles. The van der Waals surface area contributed by atoms with Gasteiger partial charge in [-0.15, -0.1) is 0 Å². The summed E-state index contributed by atoms with van der Waals surface area (Å²) in [6.45, 7) is 10.9. The summed E-state index contributed by atoms with van der Waals surface area (Å²) in [6, 6.07) is 1.87. The van der Waals surface area contributed by atoms with Gasteiger partial charge in [0.1, 0.15) is 0 Å². The van der Waals surface area contributed by atoms with Gasteiger partial charge in [0.25, 0.3) is 0 Å². The Bertz CT molecular complexity index is 435. The monoisotopic (exact) mass is 351 g/mol. The van der Waals surface area contributed by atoms with Crippen molar-refractivity contribution in [1.82, 2.24) is 14.7 Å². The topological polar surface area (TPSA) is 36.0 Å². The predicted molar refractivity (Wildman–Crippen MR) is 101 cm³/mol. The predicted octanol–water partition coefficient (Wildman–Crippen LogP) is 2.21. The lowest BCUT2D eigenvalue weighted by atomic mass is 9.86. The minimum absolute atomic E-state index is 0.350. The van der Waals surface area contributed by atoms with Gasteiger partial charge in [-0.05, 0) is 65.0 Å². The lowest BCUT2D eigenvalue weighted by molar-refractivity contribution is -0.135. The van der Waals surface area contributed by atoms with Gasteiger partial charge in [0.2, 0.25) is 5.91 Å². The molecule has 0 saturated carbocycles. The molecule has 3 aliphatic rings. The zero-order valence-electron chi connectivity index (χ0n) is 16.5. The Morgan fingerprint density at radius 2 is 1.88 bits per heavy atom. The number of amides is 1. The number of hydrogen-bond acceptors (Lipinski definition) is 4. The molecule has 144 valence electrons. The van der Waals surface area contributed by atoms with Crippen LogP contribution in [0.4, 0.5) is 0 Å². The summed E-state index contributed by atoms with van der Waals surface area (Å²) in [7, 11) is 1.73. The van der Waals surface area contributed by atoms with Gasteiger partial charge in [0, 0.05) is 51.3 Å². The maximum Gasteiger partial charge on any atom is 0.222 e. The summed E-state index contributed by atoms with van der Waals surface area (Å²) < 4.78 is 5.25. The molecule has 0 bridgehead atoms. The first-order valence-corrected chi connectivity index (χ1v) is 10.4. The molecule has 3 saturated heterocycles. The molecular formula is C20H37N3O2. The number of hydrogen-bond donors (Lipinski definition) is 0. The molecule has 3 rings (SSSR count). The molecule has 3 heterocycles. The fourth-order valence-electron chi connectivity index (χ4n) is 5.17.